The van der Waals surface area contributed by atoms with Crippen LogP contribution in [0, 0.1) is 12.7 Å². The van der Waals surface area contributed by atoms with Crippen LogP contribution < -0.4 is 10.3 Å². The minimum atomic E-state index is -0.397. The molecule has 1 aliphatic rings. The number of aromatic nitrogens is 6. The molecule has 0 saturated carbocycles. The Morgan fingerprint density at radius 3 is 2.52 bits per heavy atom. The van der Waals surface area contributed by atoms with E-state index < -0.39 is 5.82 Å². The van der Waals surface area contributed by atoms with Crippen LogP contribution >= 0.6 is 11.8 Å². The zero-order valence-electron chi connectivity index (χ0n) is 25.6. The highest BCUT2D eigenvalue weighted by Gasteiger charge is 2.23. The smallest absolute Gasteiger partial charge is 0.247 e. The number of nitrogens with zero attached hydrogens (tertiary/aromatic N) is 9. The Labute approximate surface area is 259 Å². The molecule has 0 unspecified atom stereocenters. The Bertz CT molecular complexity index is 1840. The van der Waals surface area contributed by atoms with Crippen molar-refractivity contribution >= 4 is 28.4 Å². The molecule has 5 aromatic rings. The molecule has 2 aromatic carbocycles. The highest BCUT2D eigenvalue weighted by atomic mass is 32.2. The minimum absolute atomic E-state index is 0.290. The molecule has 4 heterocycles. The van der Waals surface area contributed by atoms with E-state index in [0.29, 0.717) is 58.1 Å². The van der Waals surface area contributed by atoms with Gasteiger partial charge in [-0.1, -0.05) is 29.5 Å². The monoisotopic (exact) mass is 617 g/mol. The zero-order chi connectivity index (χ0) is 31.0. The molecule has 11 nitrogen and oxygen atoms in total. The van der Waals surface area contributed by atoms with Gasteiger partial charge in [-0.2, -0.15) is 0 Å². The Hall–Kier alpha value is -4.07. The van der Waals surface area contributed by atoms with Crippen LogP contribution in [0.25, 0.3) is 33.7 Å². The normalized spacial score (nSPS) is 14.3. The summed E-state index contributed by atoms with van der Waals surface area (Å²) < 4.78 is 25.1. The maximum absolute atomic E-state index is 15.5. The third kappa shape index (κ3) is 6.12. The molecule has 0 atom stereocenters. The molecule has 1 fully saturated rings. The van der Waals surface area contributed by atoms with Crippen molar-refractivity contribution in [3.63, 3.8) is 0 Å². The summed E-state index contributed by atoms with van der Waals surface area (Å²) in [5.74, 6) is 1.18. The van der Waals surface area contributed by atoms with Gasteiger partial charge in [0.1, 0.15) is 5.82 Å². The Balaban J connectivity index is 1.32. The molecule has 13 heteroatoms. The summed E-state index contributed by atoms with van der Waals surface area (Å²) in [6.07, 6.45) is 1.78. The number of fused-ring (bicyclic) bond motifs is 1. The van der Waals surface area contributed by atoms with Crippen LogP contribution in [0.2, 0.25) is 0 Å². The first-order valence-corrected chi connectivity index (χ1v) is 15.6. The van der Waals surface area contributed by atoms with Crippen molar-refractivity contribution in [2.75, 3.05) is 52.2 Å². The van der Waals surface area contributed by atoms with Crippen LogP contribution in [-0.4, -0.2) is 86.7 Å². The standard InChI is InChI=1S/C31H36FN9O2S/c1-6-39-17-23(28(42)22-15-24(32)26(16-25(22)39)40-13-11-38(5)12-14-40)29-33-31(41(36-29)19-37(3)4)44-18-27-34-35-30(43-27)21-9-7-20(2)8-10-21/h7-10,15-17H,6,11-14,18-19H2,1-5H3. The molecular formula is C31H36FN9O2S. The van der Waals surface area contributed by atoms with Gasteiger partial charge < -0.3 is 18.8 Å². The molecule has 44 heavy (non-hydrogen) atoms. The average Bonchev–Trinajstić information content (AvgIpc) is 3.64. The number of benzene rings is 2. The molecule has 6 rings (SSSR count). The number of anilines is 1. The molecule has 0 bridgehead atoms. The summed E-state index contributed by atoms with van der Waals surface area (Å²) in [6.45, 7) is 8.26. The van der Waals surface area contributed by atoms with Crippen molar-refractivity contribution in [3.8, 4) is 22.8 Å². The lowest BCUT2D eigenvalue weighted by Gasteiger charge is -2.34. The van der Waals surface area contributed by atoms with Gasteiger partial charge in [0.15, 0.2) is 11.0 Å². The van der Waals surface area contributed by atoms with Crippen LogP contribution in [0.5, 0.6) is 0 Å². The van der Waals surface area contributed by atoms with E-state index in [4.69, 9.17) is 14.5 Å². The molecular weight excluding hydrogens is 581 g/mol. The number of aryl methyl sites for hydroxylation is 2. The van der Waals surface area contributed by atoms with Gasteiger partial charge in [0.2, 0.25) is 17.2 Å². The predicted octanol–water partition coefficient (Wildman–Crippen LogP) is 4.34. The van der Waals surface area contributed by atoms with Crippen molar-refractivity contribution in [2.45, 2.75) is 38.0 Å². The van der Waals surface area contributed by atoms with E-state index in [1.54, 1.807) is 16.9 Å². The average molecular weight is 618 g/mol. The SMILES string of the molecule is CCn1cc(-c2nc(SCc3nnc(-c4ccc(C)cc4)o3)n(CN(C)C)n2)c(=O)c2cc(F)c(N3CCN(C)CC3)cc21. The Morgan fingerprint density at radius 2 is 1.82 bits per heavy atom. The molecule has 0 amide bonds. The molecule has 0 aliphatic carbocycles. The number of halogens is 1. The van der Waals surface area contributed by atoms with Gasteiger partial charge in [-0.15, -0.1) is 15.3 Å². The minimum Gasteiger partial charge on any atom is -0.420 e. The topological polar surface area (TPSA) is 101 Å². The van der Waals surface area contributed by atoms with Gasteiger partial charge >= 0.3 is 0 Å². The van der Waals surface area contributed by atoms with E-state index >= 15 is 4.39 Å². The number of rotatable bonds is 9. The summed E-state index contributed by atoms with van der Waals surface area (Å²) in [5, 5.41) is 14.0. The number of hydrogen-bond donors (Lipinski definition) is 0. The molecule has 0 spiro atoms. The van der Waals surface area contributed by atoms with Crippen LogP contribution in [0.4, 0.5) is 10.1 Å². The molecule has 0 N–H and O–H groups in total. The van der Waals surface area contributed by atoms with E-state index in [1.165, 1.54) is 17.8 Å². The van der Waals surface area contributed by atoms with Crippen molar-refractivity contribution in [3.05, 3.63) is 70.1 Å². The lowest BCUT2D eigenvalue weighted by atomic mass is 10.1. The lowest BCUT2D eigenvalue weighted by molar-refractivity contribution is 0.292. The highest BCUT2D eigenvalue weighted by Crippen LogP contribution is 2.29. The van der Waals surface area contributed by atoms with Gasteiger partial charge in [0, 0.05) is 49.9 Å². The second-order valence-corrected chi connectivity index (χ2v) is 12.3. The van der Waals surface area contributed by atoms with E-state index in [9.17, 15) is 4.79 Å². The first-order valence-electron chi connectivity index (χ1n) is 14.6. The van der Waals surface area contributed by atoms with E-state index in [1.807, 2.05) is 66.6 Å². The number of thioether (sulfide) groups is 1. The summed E-state index contributed by atoms with van der Waals surface area (Å²) >= 11 is 1.40. The third-order valence-corrected chi connectivity index (χ3v) is 8.67. The van der Waals surface area contributed by atoms with E-state index in [-0.39, 0.29) is 11.3 Å². The fraction of sp³-hybridized carbons (Fsp3) is 0.387. The van der Waals surface area contributed by atoms with Crippen molar-refractivity contribution in [2.24, 2.45) is 0 Å². The molecule has 0 radical (unpaired) electrons. The maximum atomic E-state index is 15.5. The summed E-state index contributed by atoms with van der Waals surface area (Å²) in [7, 11) is 5.93. The van der Waals surface area contributed by atoms with E-state index in [0.717, 1.165) is 37.3 Å². The largest absolute Gasteiger partial charge is 0.420 e. The van der Waals surface area contributed by atoms with Crippen LogP contribution in [0.3, 0.4) is 0 Å². The molecule has 1 aliphatic heterocycles. The fourth-order valence-electron chi connectivity index (χ4n) is 5.27. The van der Waals surface area contributed by atoms with Crippen LogP contribution in [0.1, 0.15) is 18.4 Å². The summed E-state index contributed by atoms with van der Waals surface area (Å²) in [6, 6.07) is 11.1. The highest BCUT2D eigenvalue weighted by molar-refractivity contribution is 7.98. The Kier molecular flexibility index (Phi) is 8.52. The van der Waals surface area contributed by atoms with Crippen molar-refractivity contribution in [1.82, 2.24) is 39.3 Å². The lowest BCUT2D eigenvalue weighted by Crippen LogP contribution is -2.44. The summed E-state index contributed by atoms with van der Waals surface area (Å²) in [4.78, 5) is 24.8. The summed E-state index contributed by atoms with van der Waals surface area (Å²) in [5.41, 5.74) is 3.25. The van der Waals surface area contributed by atoms with Gasteiger partial charge in [0.25, 0.3) is 0 Å². The van der Waals surface area contributed by atoms with Crippen LogP contribution in [0.15, 0.2) is 57.0 Å². The number of piperazine rings is 1. The number of hydrogen-bond acceptors (Lipinski definition) is 10. The maximum Gasteiger partial charge on any atom is 0.247 e. The van der Waals surface area contributed by atoms with Crippen molar-refractivity contribution in [1.29, 1.82) is 0 Å². The van der Waals surface area contributed by atoms with E-state index in [2.05, 4.69) is 22.1 Å². The third-order valence-electron chi connectivity index (χ3n) is 7.72. The van der Waals surface area contributed by atoms with Gasteiger partial charge in [0.05, 0.1) is 29.2 Å². The quantitative estimate of drug-likeness (QED) is 0.222. The molecule has 230 valence electrons. The Morgan fingerprint density at radius 1 is 1.07 bits per heavy atom. The predicted molar refractivity (Wildman–Crippen MR) is 170 cm³/mol. The van der Waals surface area contributed by atoms with Gasteiger partial charge in [-0.05, 0) is 59.3 Å². The van der Waals surface area contributed by atoms with Crippen molar-refractivity contribution < 1.29 is 8.81 Å². The van der Waals surface area contributed by atoms with Gasteiger partial charge in [-0.25, -0.2) is 14.1 Å². The molecule has 1 saturated heterocycles. The second-order valence-electron chi connectivity index (χ2n) is 11.4. The number of pyridine rings is 1. The first-order chi connectivity index (χ1) is 21.2. The molecule has 3 aromatic heterocycles. The fourth-order valence-corrected chi connectivity index (χ4v) is 6.04. The van der Waals surface area contributed by atoms with Crippen LogP contribution in [-0.2, 0) is 19.0 Å². The second kappa shape index (κ2) is 12.5. The van der Waals surface area contributed by atoms with Gasteiger partial charge in [-0.3, -0.25) is 9.69 Å². The number of likely N-dealkylation sites (N-methyl/N-ethyl adjacent to an activating group) is 1. The first kappa shape index (κ1) is 30.0. The zero-order valence-corrected chi connectivity index (χ0v) is 26.4.